The Morgan fingerprint density at radius 1 is 1.47 bits per heavy atom. The topological polar surface area (TPSA) is 49.9 Å². The molecule has 1 unspecified atom stereocenters. The van der Waals surface area contributed by atoms with Crippen molar-refractivity contribution in [3.63, 3.8) is 0 Å². The van der Waals surface area contributed by atoms with Crippen molar-refractivity contribution in [1.29, 1.82) is 0 Å². The Hall–Kier alpha value is -0.421. The van der Waals surface area contributed by atoms with Gasteiger partial charge in [0.2, 0.25) is 0 Å². The molecule has 1 aliphatic rings. The molecule has 0 saturated carbocycles. The summed E-state index contributed by atoms with van der Waals surface area (Å²) in [6, 6.07) is -0.421. The van der Waals surface area contributed by atoms with E-state index in [1.54, 1.807) is 5.06 Å². The van der Waals surface area contributed by atoms with Crippen molar-refractivity contribution >= 4 is 10.6 Å². The van der Waals surface area contributed by atoms with Gasteiger partial charge >= 0.3 is 97.1 Å². The number of hydrogen-bond donors (Lipinski definition) is 0. The van der Waals surface area contributed by atoms with Gasteiger partial charge < -0.3 is 0 Å². The number of Topliss-reactive ketones (excluding diaryl/α,β-unsaturated/α-hetero) is 1. The number of nitrogens with zero attached hydrogens (tertiary/aromatic N) is 2. The van der Waals surface area contributed by atoms with Gasteiger partial charge in [-0.15, -0.1) is 0 Å². The molecule has 0 radical (unpaired) electrons. The monoisotopic (exact) mass is 255 g/mol. The van der Waals surface area contributed by atoms with Gasteiger partial charge in [0, 0.05) is 0 Å². The third-order valence-electron chi connectivity index (χ3n) is 2.34. The fourth-order valence-corrected chi connectivity index (χ4v) is 1.91. The van der Waals surface area contributed by atoms with E-state index >= 15 is 0 Å². The van der Waals surface area contributed by atoms with Gasteiger partial charge in [0.25, 0.3) is 0 Å². The fourth-order valence-electron chi connectivity index (χ4n) is 1.61. The van der Waals surface area contributed by atoms with Crippen molar-refractivity contribution in [2.45, 2.75) is 19.9 Å². The zero-order valence-corrected chi connectivity index (χ0v) is 9.98. The third kappa shape index (κ3) is 3.27. The number of hydroxylamine groups is 2. The third-order valence-corrected chi connectivity index (χ3v) is 2.66. The zero-order valence-electron chi connectivity index (χ0n) is 8.88. The summed E-state index contributed by atoms with van der Waals surface area (Å²) >= 11 is 3.34. The molecule has 1 heterocycles. The van der Waals surface area contributed by atoms with Crippen LogP contribution in [0.1, 0.15) is 13.8 Å². The first-order chi connectivity index (χ1) is 7.06. The quantitative estimate of drug-likeness (QED) is 0.675. The molecule has 1 atom stereocenters. The van der Waals surface area contributed by atoms with Crippen molar-refractivity contribution in [3.05, 3.63) is 0 Å². The molecule has 0 aromatic carbocycles. The second-order valence-electron chi connectivity index (χ2n) is 3.37. The molecule has 1 amide bonds. The molecule has 0 aromatic heterocycles. The van der Waals surface area contributed by atoms with Gasteiger partial charge in [-0.2, -0.15) is 0 Å². The molecule has 0 spiro atoms. The second-order valence-corrected chi connectivity index (χ2v) is 3.84. The Morgan fingerprint density at radius 2 is 2.13 bits per heavy atom. The van der Waals surface area contributed by atoms with E-state index in [4.69, 9.17) is 4.84 Å². The van der Waals surface area contributed by atoms with Crippen molar-refractivity contribution in [2.24, 2.45) is 0 Å². The van der Waals surface area contributed by atoms with Gasteiger partial charge in [0.1, 0.15) is 0 Å². The molecule has 6 heteroatoms. The molecule has 0 bridgehead atoms. The second kappa shape index (κ2) is 5.61. The van der Waals surface area contributed by atoms with Gasteiger partial charge in [-0.25, -0.2) is 0 Å². The van der Waals surface area contributed by atoms with Crippen molar-refractivity contribution < 1.29 is 30.4 Å². The fraction of sp³-hybridized carbons (Fsp3) is 0.778. The molecule has 5 nitrogen and oxygen atoms in total. The summed E-state index contributed by atoms with van der Waals surface area (Å²) in [7, 11) is 0. The number of piperazine rings is 1. The van der Waals surface area contributed by atoms with Crippen LogP contribution in [0.15, 0.2) is 0 Å². The minimum absolute atomic E-state index is 0.0311. The average Bonchev–Trinajstić information content (AvgIpc) is 2.17. The Balaban J connectivity index is 2.65. The van der Waals surface area contributed by atoms with E-state index in [1.165, 1.54) is 11.8 Å². The van der Waals surface area contributed by atoms with Gasteiger partial charge in [-0.05, 0) is 0 Å². The summed E-state index contributed by atoms with van der Waals surface area (Å²) in [4.78, 5) is 29.1. The first kappa shape index (κ1) is 12.6. The molecular formula is C9H15FeN2O3. The predicted molar refractivity (Wildman–Crippen MR) is 49.8 cm³/mol. The van der Waals surface area contributed by atoms with Crippen LogP contribution in [0, 0.1) is 0 Å². The zero-order chi connectivity index (χ0) is 11.4. The molecule has 1 rings (SSSR count). The Bertz CT molecular complexity index is 260. The van der Waals surface area contributed by atoms with Crippen molar-refractivity contribution in [3.8, 4) is 0 Å². The van der Waals surface area contributed by atoms with Crippen LogP contribution in [0.4, 0.5) is 4.79 Å². The number of amides is 1. The van der Waals surface area contributed by atoms with Gasteiger partial charge in [-0.3, -0.25) is 0 Å². The van der Waals surface area contributed by atoms with Gasteiger partial charge in [0.15, 0.2) is 0 Å². The number of carbonyl (C=O) groups excluding carboxylic acids is 2. The molecule has 15 heavy (non-hydrogen) atoms. The average molecular weight is 255 g/mol. The van der Waals surface area contributed by atoms with Crippen LogP contribution in [0.2, 0.25) is 0 Å². The van der Waals surface area contributed by atoms with Crippen LogP contribution in [-0.4, -0.2) is 52.8 Å². The Kier molecular flexibility index (Phi) is 4.73. The van der Waals surface area contributed by atoms with E-state index in [1.807, 2.05) is 6.92 Å². The molecule has 1 aliphatic heterocycles. The number of hydrogen-bond acceptors (Lipinski definition) is 4. The summed E-state index contributed by atoms with van der Waals surface area (Å²) in [5.74, 6) is -0.0311. The van der Waals surface area contributed by atoms with Crippen LogP contribution in [-0.2, 0) is 25.6 Å². The van der Waals surface area contributed by atoms with E-state index < -0.39 is 6.04 Å². The van der Waals surface area contributed by atoms with Gasteiger partial charge in [-0.1, -0.05) is 0 Å². The summed E-state index contributed by atoms with van der Waals surface area (Å²) in [5.41, 5.74) is 0. The molecule has 1 fully saturated rings. The SMILES string of the molecule is CCON1CCN([C](=O)[Fe])C(C(C)=O)C1. The Morgan fingerprint density at radius 3 is 2.60 bits per heavy atom. The molecule has 0 aromatic rings. The number of carbonyl (C=O) groups is 2. The van der Waals surface area contributed by atoms with Crippen LogP contribution in [0.3, 0.4) is 0 Å². The molecule has 1 saturated heterocycles. The maximum atomic E-state index is 11.4. The number of rotatable bonds is 3. The Labute approximate surface area is 97.5 Å². The standard InChI is InChI=1S/C9H15N2O3.Fe/c1-3-14-11-5-4-10(7-12)9(6-11)8(2)13;/h9H,3-6H2,1-2H3;. The van der Waals surface area contributed by atoms with E-state index in [9.17, 15) is 9.59 Å². The molecule has 87 valence electrons. The van der Waals surface area contributed by atoms with E-state index in [2.05, 4.69) is 16.0 Å². The number of ketones is 1. The summed E-state index contributed by atoms with van der Waals surface area (Å²) in [6.07, 6.45) is 0. The molecule has 0 N–H and O–H groups in total. The van der Waals surface area contributed by atoms with Crippen LogP contribution < -0.4 is 0 Å². The van der Waals surface area contributed by atoms with Crippen molar-refractivity contribution in [2.75, 3.05) is 26.2 Å². The predicted octanol–water partition coefficient (Wildman–Crippen LogP) is 0.180. The molecular weight excluding hydrogens is 240 g/mol. The summed E-state index contributed by atoms with van der Waals surface area (Å²) < 4.78 is 0. The van der Waals surface area contributed by atoms with Crippen LogP contribution in [0.5, 0.6) is 0 Å². The summed E-state index contributed by atoms with van der Waals surface area (Å²) in [6.45, 7) is 5.50. The summed E-state index contributed by atoms with van der Waals surface area (Å²) in [5, 5.41) is 1.73. The first-order valence-corrected chi connectivity index (χ1v) is 5.44. The van der Waals surface area contributed by atoms with E-state index in [-0.39, 0.29) is 10.6 Å². The van der Waals surface area contributed by atoms with Gasteiger partial charge in [0.05, 0.1) is 0 Å². The first-order valence-electron chi connectivity index (χ1n) is 4.89. The van der Waals surface area contributed by atoms with Crippen LogP contribution >= 0.6 is 0 Å². The van der Waals surface area contributed by atoms with E-state index in [0.29, 0.717) is 26.2 Å². The van der Waals surface area contributed by atoms with Crippen LogP contribution in [0.25, 0.3) is 0 Å². The van der Waals surface area contributed by atoms with E-state index in [0.717, 1.165) is 0 Å². The normalized spacial score (nSPS) is 22.9. The maximum absolute atomic E-state index is 11.4. The minimum atomic E-state index is -0.421. The molecule has 0 aliphatic carbocycles. The van der Waals surface area contributed by atoms with Crippen molar-refractivity contribution in [1.82, 2.24) is 9.96 Å².